The molecule has 0 saturated heterocycles. The lowest BCUT2D eigenvalue weighted by Crippen LogP contribution is -2.30. The van der Waals surface area contributed by atoms with Crippen molar-refractivity contribution in [2.75, 3.05) is 39.6 Å². The Hall–Kier alpha value is -2.46. The number of hydrogen-bond acceptors (Lipinski definition) is 15. The molecule has 0 rings (SSSR count). The summed E-state index contributed by atoms with van der Waals surface area (Å²) in [5.41, 5.74) is 0. The number of unbranched alkanes of at least 4 members (excludes halogenated alkanes) is 50. The van der Waals surface area contributed by atoms with Crippen LogP contribution < -0.4 is 0 Å². The van der Waals surface area contributed by atoms with Crippen molar-refractivity contribution in [2.45, 2.75) is 425 Å². The quantitative estimate of drug-likeness (QED) is 0.0169. The van der Waals surface area contributed by atoms with Crippen LogP contribution in [0.25, 0.3) is 0 Å². The van der Waals surface area contributed by atoms with E-state index in [0.717, 1.165) is 109 Å². The van der Waals surface area contributed by atoms with Gasteiger partial charge in [0.15, 0.2) is 12.2 Å². The summed E-state index contributed by atoms with van der Waals surface area (Å²) in [7, 11) is -9.92. The van der Waals surface area contributed by atoms with Crippen LogP contribution in [0.1, 0.15) is 407 Å². The second kappa shape index (κ2) is 73.8. The van der Waals surface area contributed by atoms with Gasteiger partial charge in [0.1, 0.15) is 19.3 Å². The van der Waals surface area contributed by atoms with Gasteiger partial charge in [0, 0.05) is 25.7 Å². The molecular formula is C80H152O17P2. The Kier molecular flexibility index (Phi) is 72.0. The van der Waals surface area contributed by atoms with Crippen molar-refractivity contribution in [1.82, 2.24) is 0 Å². The van der Waals surface area contributed by atoms with Crippen LogP contribution in [0.2, 0.25) is 0 Å². The SMILES string of the molecule is CCCCCC/C=C\C=C/CCCCCCCC(=O)OC[C@H](COP(=O)(O)OC[C@@H](O)COP(=O)(O)OC[C@@H](COC(=O)CCCCCCCCCCCCC)OC(=O)CCCCCCCCCCCCCC)OC(=O)CCCCCCCCCCCCCCCCCCCCCCC. The summed E-state index contributed by atoms with van der Waals surface area (Å²) in [6.07, 6.45) is 68.8. The fourth-order valence-electron chi connectivity index (χ4n) is 11.9. The number of aliphatic hydroxyl groups is 1. The first kappa shape index (κ1) is 96.5. The minimum atomic E-state index is -4.97. The van der Waals surface area contributed by atoms with Gasteiger partial charge in [-0.05, 0) is 51.4 Å². The van der Waals surface area contributed by atoms with Crippen LogP contribution in [0.3, 0.4) is 0 Å². The first-order chi connectivity index (χ1) is 48.2. The first-order valence-corrected chi connectivity index (χ1v) is 44.1. The van der Waals surface area contributed by atoms with E-state index in [-0.39, 0.29) is 25.7 Å². The molecule has 0 aromatic heterocycles. The monoisotopic (exact) mass is 1450 g/mol. The second-order valence-corrected chi connectivity index (χ2v) is 31.0. The summed E-state index contributed by atoms with van der Waals surface area (Å²) < 4.78 is 68.6. The standard InChI is InChI=1S/C80H152O17P2/c1-5-9-13-17-21-25-29-32-34-35-36-37-38-39-41-43-47-51-55-59-63-67-80(85)97-76(71-91-78(83)65-61-57-53-49-46-42-40-33-30-26-22-18-14-10-6-2)73-95-99(88,89)93-69-74(81)68-92-98(86,87)94-72-75(70-90-77(82)64-60-56-52-48-44-28-24-20-16-12-8-4)96-79(84)66-62-58-54-50-45-31-27-23-19-15-11-7-3/h26,30,33,40,74-76,81H,5-25,27-29,31-32,34-39,41-73H2,1-4H3,(H,86,87)(H,88,89)/b30-26-,40-33-/t74-,75+,76+/m0/s1. The average molecular weight is 1450 g/mol. The van der Waals surface area contributed by atoms with E-state index >= 15 is 0 Å². The number of carbonyl (C=O) groups excluding carboxylic acids is 4. The molecule has 0 aliphatic rings. The summed E-state index contributed by atoms with van der Waals surface area (Å²) in [5, 5.41) is 10.6. The number of hydrogen-bond donors (Lipinski definition) is 3. The number of aliphatic hydroxyl groups excluding tert-OH is 1. The van der Waals surface area contributed by atoms with E-state index in [4.69, 9.17) is 37.0 Å². The summed E-state index contributed by atoms with van der Waals surface area (Å²) >= 11 is 0. The number of carbonyl (C=O) groups is 4. The molecule has 0 fully saturated rings. The van der Waals surface area contributed by atoms with Gasteiger partial charge in [0.25, 0.3) is 0 Å². The van der Waals surface area contributed by atoms with Gasteiger partial charge in [-0.2, -0.15) is 0 Å². The zero-order valence-corrected chi connectivity index (χ0v) is 65.7. The molecule has 0 heterocycles. The Morgan fingerprint density at radius 3 is 0.737 bits per heavy atom. The summed E-state index contributed by atoms with van der Waals surface area (Å²) in [5.74, 6) is -2.14. The number of rotatable bonds is 79. The maximum atomic E-state index is 13.1. The average Bonchev–Trinajstić information content (AvgIpc) is 1.01. The third kappa shape index (κ3) is 73.6. The van der Waals surface area contributed by atoms with Crippen LogP contribution in [0, 0.1) is 0 Å². The molecule has 0 aromatic carbocycles. The predicted octanol–water partition coefficient (Wildman–Crippen LogP) is 23.7. The Morgan fingerprint density at radius 1 is 0.283 bits per heavy atom. The maximum absolute atomic E-state index is 13.1. The fraction of sp³-hybridized carbons (Fsp3) is 0.900. The highest BCUT2D eigenvalue weighted by molar-refractivity contribution is 7.47. The van der Waals surface area contributed by atoms with E-state index in [1.165, 1.54) is 218 Å². The van der Waals surface area contributed by atoms with Crippen LogP contribution in [0.15, 0.2) is 24.3 Å². The Balaban J connectivity index is 5.24. The lowest BCUT2D eigenvalue weighted by molar-refractivity contribution is -0.161. The zero-order chi connectivity index (χ0) is 72.5. The van der Waals surface area contributed by atoms with Gasteiger partial charge in [0.2, 0.25) is 0 Å². The van der Waals surface area contributed by atoms with Gasteiger partial charge in [-0.25, -0.2) is 9.13 Å². The van der Waals surface area contributed by atoms with Crippen LogP contribution in [-0.2, 0) is 65.4 Å². The van der Waals surface area contributed by atoms with Crippen molar-refractivity contribution in [1.29, 1.82) is 0 Å². The molecule has 2 unspecified atom stereocenters. The number of allylic oxidation sites excluding steroid dienone is 4. The van der Waals surface area contributed by atoms with E-state index in [1.54, 1.807) is 0 Å². The zero-order valence-electron chi connectivity index (χ0n) is 64.0. The molecule has 0 aliphatic heterocycles. The Labute approximate surface area is 605 Å². The number of phosphoric ester groups is 2. The molecule has 0 amide bonds. The van der Waals surface area contributed by atoms with Crippen molar-refractivity contribution < 1.29 is 80.2 Å². The Morgan fingerprint density at radius 2 is 0.485 bits per heavy atom. The summed E-state index contributed by atoms with van der Waals surface area (Å²) in [6.45, 7) is 4.94. The van der Waals surface area contributed by atoms with Crippen molar-refractivity contribution in [3.63, 3.8) is 0 Å². The van der Waals surface area contributed by atoms with Gasteiger partial charge in [-0.3, -0.25) is 37.3 Å². The highest BCUT2D eigenvalue weighted by Gasteiger charge is 2.30. The van der Waals surface area contributed by atoms with E-state index < -0.39 is 97.5 Å². The van der Waals surface area contributed by atoms with E-state index in [9.17, 15) is 43.2 Å². The van der Waals surface area contributed by atoms with E-state index in [1.807, 2.05) is 0 Å². The van der Waals surface area contributed by atoms with Gasteiger partial charge < -0.3 is 33.8 Å². The second-order valence-electron chi connectivity index (χ2n) is 28.1. The molecule has 17 nitrogen and oxygen atoms in total. The number of esters is 4. The van der Waals surface area contributed by atoms with Crippen molar-refractivity contribution in [3.8, 4) is 0 Å². The lowest BCUT2D eigenvalue weighted by Gasteiger charge is -2.21. The minimum Gasteiger partial charge on any atom is -0.462 e. The number of phosphoric acid groups is 2. The van der Waals surface area contributed by atoms with E-state index in [0.29, 0.717) is 25.7 Å². The molecule has 0 bridgehead atoms. The highest BCUT2D eigenvalue weighted by atomic mass is 31.2. The highest BCUT2D eigenvalue weighted by Crippen LogP contribution is 2.45. The normalized spacial score (nSPS) is 14.0. The van der Waals surface area contributed by atoms with Gasteiger partial charge in [-0.15, -0.1) is 0 Å². The molecule has 0 radical (unpaired) electrons. The largest absolute Gasteiger partial charge is 0.472 e. The molecule has 584 valence electrons. The third-order valence-electron chi connectivity index (χ3n) is 18.2. The molecule has 19 heteroatoms. The number of ether oxygens (including phenoxy) is 4. The molecule has 0 spiro atoms. The van der Waals surface area contributed by atoms with Crippen LogP contribution >= 0.6 is 15.6 Å². The molecular weight excluding hydrogens is 1290 g/mol. The Bertz CT molecular complexity index is 1970. The maximum Gasteiger partial charge on any atom is 0.472 e. The van der Waals surface area contributed by atoms with Crippen LogP contribution in [0.5, 0.6) is 0 Å². The minimum absolute atomic E-state index is 0.102. The smallest absolute Gasteiger partial charge is 0.462 e. The van der Waals surface area contributed by atoms with Crippen molar-refractivity contribution in [2.24, 2.45) is 0 Å². The van der Waals surface area contributed by atoms with Crippen LogP contribution in [0.4, 0.5) is 0 Å². The predicted molar refractivity (Wildman–Crippen MR) is 405 cm³/mol. The fourth-order valence-corrected chi connectivity index (χ4v) is 13.5. The molecule has 0 aliphatic carbocycles. The molecule has 0 saturated carbocycles. The topological polar surface area (TPSA) is 237 Å². The van der Waals surface area contributed by atoms with Crippen molar-refractivity contribution >= 4 is 39.5 Å². The molecule has 0 aromatic rings. The van der Waals surface area contributed by atoms with Crippen LogP contribution in [-0.4, -0.2) is 96.7 Å². The summed E-state index contributed by atoms with van der Waals surface area (Å²) in [6, 6.07) is 0. The third-order valence-corrected chi connectivity index (χ3v) is 20.1. The van der Waals surface area contributed by atoms with Gasteiger partial charge >= 0.3 is 39.5 Å². The molecule has 99 heavy (non-hydrogen) atoms. The lowest BCUT2D eigenvalue weighted by atomic mass is 10.0. The van der Waals surface area contributed by atoms with E-state index in [2.05, 4.69) is 52.0 Å². The van der Waals surface area contributed by atoms with Gasteiger partial charge in [0.05, 0.1) is 26.4 Å². The van der Waals surface area contributed by atoms with Gasteiger partial charge in [-0.1, -0.05) is 354 Å². The van der Waals surface area contributed by atoms with Crippen molar-refractivity contribution in [3.05, 3.63) is 24.3 Å². The first-order valence-electron chi connectivity index (χ1n) is 41.1. The summed E-state index contributed by atoms with van der Waals surface area (Å²) in [4.78, 5) is 72.9. The molecule has 5 atom stereocenters. The molecule has 3 N–H and O–H groups in total.